The van der Waals surface area contributed by atoms with Gasteiger partial charge in [0.25, 0.3) is 0 Å². The molecule has 0 spiro atoms. The number of nitrogens with zero attached hydrogens (tertiary/aromatic N) is 2. The first kappa shape index (κ1) is 19.3. The Labute approximate surface area is 151 Å². The second-order valence-electron chi connectivity index (χ2n) is 6.99. The van der Waals surface area contributed by atoms with Gasteiger partial charge in [-0.15, -0.1) is 0 Å². The van der Waals surface area contributed by atoms with Crippen molar-refractivity contribution >= 4 is 35.1 Å². The fourth-order valence-corrected chi connectivity index (χ4v) is 4.82. The van der Waals surface area contributed by atoms with Crippen LogP contribution in [0.4, 0.5) is 0 Å². The van der Waals surface area contributed by atoms with E-state index in [0.717, 1.165) is 35.8 Å². The molecule has 0 aromatic rings. The number of hydrogen-bond donors (Lipinski definition) is 2. The Bertz CT molecular complexity index is 410. The molecule has 0 saturated heterocycles. The maximum Gasteiger partial charge on any atom is 0.112 e. The maximum atomic E-state index is 9.66. The van der Waals surface area contributed by atoms with Crippen LogP contribution >= 0.6 is 24.4 Å². The third kappa shape index (κ3) is 6.43. The van der Waals surface area contributed by atoms with Crippen molar-refractivity contribution in [2.24, 2.45) is 9.98 Å². The molecule has 1 N–H and O–H groups in total. The van der Waals surface area contributed by atoms with Crippen molar-refractivity contribution in [2.75, 3.05) is 5.75 Å². The SMILES string of the molecule is C1CCCCC1.CC(=NC(C)CS)C1=NC2CCC(O)CC2S1. The number of thiol groups is 1. The Morgan fingerprint density at radius 2 is 1.87 bits per heavy atom. The van der Waals surface area contributed by atoms with Gasteiger partial charge in [-0.05, 0) is 33.1 Å². The monoisotopic (exact) mass is 356 g/mol. The van der Waals surface area contributed by atoms with Gasteiger partial charge in [-0.3, -0.25) is 9.98 Å². The minimum atomic E-state index is -0.132. The molecule has 23 heavy (non-hydrogen) atoms. The molecule has 0 aromatic carbocycles. The second kappa shape index (κ2) is 10.1. The molecular weight excluding hydrogens is 324 g/mol. The molecule has 0 amide bonds. The topological polar surface area (TPSA) is 45.0 Å². The van der Waals surface area contributed by atoms with Gasteiger partial charge in [0.05, 0.1) is 23.9 Å². The number of hydrogen-bond acceptors (Lipinski definition) is 5. The fraction of sp³-hybridized carbons (Fsp3) is 0.889. The Hall–Kier alpha value is -0.0000000000000000555. The van der Waals surface area contributed by atoms with Crippen LogP contribution in [0.1, 0.15) is 71.6 Å². The summed E-state index contributed by atoms with van der Waals surface area (Å²) in [6.45, 7) is 4.09. The van der Waals surface area contributed by atoms with Gasteiger partial charge in [-0.25, -0.2) is 0 Å². The van der Waals surface area contributed by atoms with E-state index in [1.165, 1.54) is 38.5 Å². The van der Waals surface area contributed by atoms with Crippen molar-refractivity contribution in [3.63, 3.8) is 0 Å². The van der Waals surface area contributed by atoms with Crippen LogP contribution in [-0.4, -0.2) is 45.1 Å². The van der Waals surface area contributed by atoms with Crippen LogP contribution in [0, 0.1) is 0 Å². The van der Waals surface area contributed by atoms with Crippen LogP contribution in [-0.2, 0) is 0 Å². The number of aliphatic hydroxyl groups excluding tert-OH is 1. The molecule has 0 bridgehead atoms. The highest BCUT2D eigenvalue weighted by Crippen LogP contribution is 2.37. The summed E-state index contributed by atoms with van der Waals surface area (Å²) in [5, 5.41) is 11.2. The summed E-state index contributed by atoms with van der Waals surface area (Å²) in [6.07, 6.45) is 11.6. The summed E-state index contributed by atoms with van der Waals surface area (Å²) in [5.41, 5.74) is 1.03. The molecule has 2 saturated carbocycles. The van der Waals surface area contributed by atoms with Crippen molar-refractivity contribution < 1.29 is 5.11 Å². The third-order valence-electron chi connectivity index (χ3n) is 4.76. The molecule has 132 valence electrons. The van der Waals surface area contributed by atoms with E-state index in [1.54, 1.807) is 11.8 Å². The van der Waals surface area contributed by atoms with Crippen molar-refractivity contribution in [3.8, 4) is 0 Å². The summed E-state index contributed by atoms with van der Waals surface area (Å²) >= 11 is 6.03. The minimum Gasteiger partial charge on any atom is -0.393 e. The number of thioether (sulfide) groups is 1. The van der Waals surface area contributed by atoms with E-state index in [4.69, 9.17) is 4.99 Å². The number of rotatable bonds is 3. The molecule has 0 aromatic heterocycles. The van der Waals surface area contributed by atoms with Crippen LogP contribution < -0.4 is 0 Å². The molecule has 1 aliphatic heterocycles. The van der Waals surface area contributed by atoms with Crippen molar-refractivity contribution in [1.82, 2.24) is 0 Å². The maximum absolute atomic E-state index is 9.66. The van der Waals surface area contributed by atoms with E-state index >= 15 is 0 Å². The average molecular weight is 357 g/mol. The predicted molar refractivity (Wildman–Crippen MR) is 107 cm³/mol. The summed E-state index contributed by atoms with van der Waals surface area (Å²) in [6, 6.07) is 0.643. The lowest BCUT2D eigenvalue weighted by atomic mass is 9.93. The number of aliphatic imine (C=N–C) groups is 2. The van der Waals surface area contributed by atoms with E-state index in [-0.39, 0.29) is 12.1 Å². The molecule has 4 atom stereocenters. The summed E-state index contributed by atoms with van der Waals surface area (Å²) in [5.74, 6) is 0.765. The zero-order chi connectivity index (χ0) is 16.7. The lowest BCUT2D eigenvalue weighted by Crippen LogP contribution is -2.30. The van der Waals surface area contributed by atoms with Crippen LogP contribution in [0.25, 0.3) is 0 Å². The summed E-state index contributed by atoms with van der Waals surface area (Å²) in [4.78, 5) is 9.33. The van der Waals surface area contributed by atoms with Gasteiger partial charge in [-0.1, -0.05) is 50.3 Å². The molecule has 3 aliphatic rings. The Balaban J connectivity index is 0.000000268. The zero-order valence-corrected chi connectivity index (χ0v) is 16.3. The highest BCUT2D eigenvalue weighted by Gasteiger charge is 2.36. The lowest BCUT2D eigenvalue weighted by Gasteiger charge is -2.26. The first-order chi connectivity index (χ1) is 11.1. The molecule has 1 heterocycles. The van der Waals surface area contributed by atoms with Gasteiger partial charge in [0.2, 0.25) is 0 Å². The van der Waals surface area contributed by atoms with Crippen LogP contribution in [0.5, 0.6) is 0 Å². The van der Waals surface area contributed by atoms with E-state index in [1.807, 2.05) is 6.92 Å². The number of fused-ring (bicyclic) bond motifs is 1. The highest BCUT2D eigenvalue weighted by molar-refractivity contribution is 8.16. The van der Waals surface area contributed by atoms with Crippen LogP contribution in [0.15, 0.2) is 9.98 Å². The predicted octanol–water partition coefficient (Wildman–Crippen LogP) is 4.53. The second-order valence-corrected chi connectivity index (χ2v) is 8.59. The van der Waals surface area contributed by atoms with E-state index in [2.05, 4.69) is 24.5 Å². The van der Waals surface area contributed by atoms with Crippen molar-refractivity contribution in [2.45, 2.75) is 95.1 Å². The van der Waals surface area contributed by atoms with Crippen molar-refractivity contribution in [3.05, 3.63) is 0 Å². The first-order valence-corrected chi connectivity index (χ1v) is 10.7. The Morgan fingerprint density at radius 3 is 2.43 bits per heavy atom. The molecular formula is C18H32N2OS2. The normalized spacial score (nSPS) is 32.4. The van der Waals surface area contributed by atoms with Gasteiger partial charge in [0.15, 0.2) is 0 Å². The van der Waals surface area contributed by atoms with Crippen molar-refractivity contribution in [1.29, 1.82) is 0 Å². The van der Waals surface area contributed by atoms with Gasteiger partial charge in [0, 0.05) is 11.0 Å². The molecule has 3 nitrogen and oxygen atoms in total. The fourth-order valence-electron chi connectivity index (χ4n) is 3.36. The van der Waals surface area contributed by atoms with Gasteiger partial charge in [0.1, 0.15) is 5.04 Å². The van der Waals surface area contributed by atoms with E-state index in [9.17, 15) is 5.11 Å². The smallest absolute Gasteiger partial charge is 0.112 e. The Kier molecular flexibility index (Phi) is 8.48. The molecule has 3 rings (SSSR count). The molecule has 4 unspecified atom stereocenters. The largest absolute Gasteiger partial charge is 0.393 e. The quantitative estimate of drug-likeness (QED) is 0.576. The van der Waals surface area contributed by atoms with Gasteiger partial charge >= 0.3 is 0 Å². The highest BCUT2D eigenvalue weighted by atomic mass is 32.2. The molecule has 2 aliphatic carbocycles. The molecule has 0 radical (unpaired) electrons. The summed E-state index contributed by atoms with van der Waals surface area (Å²) in [7, 11) is 0. The minimum absolute atomic E-state index is 0.132. The standard InChI is InChI=1S/C12H20N2OS2.C6H12/c1-7(6-16)13-8(2)12-14-10-4-3-9(15)5-11(10)17-12;1-2-4-6-5-3-1/h7,9-11,15-16H,3-6H2,1-2H3;1-6H2. The van der Waals surface area contributed by atoms with E-state index < -0.39 is 0 Å². The van der Waals surface area contributed by atoms with Crippen LogP contribution in [0.2, 0.25) is 0 Å². The van der Waals surface area contributed by atoms with E-state index in [0.29, 0.717) is 11.3 Å². The van der Waals surface area contributed by atoms with Gasteiger partial charge in [-0.2, -0.15) is 12.6 Å². The molecule has 2 fully saturated rings. The third-order valence-corrected chi connectivity index (χ3v) is 6.72. The number of aliphatic hydroxyl groups is 1. The Morgan fingerprint density at radius 1 is 1.26 bits per heavy atom. The lowest BCUT2D eigenvalue weighted by molar-refractivity contribution is 0.127. The first-order valence-electron chi connectivity index (χ1n) is 9.18. The zero-order valence-electron chi connectivity index (χ0n) is 14.6. The average Bonchev–Trinajstić information content (AvgIpc) is 3.00. The molecule has 5 heteroatoms. The van der Waals surface area contributed by atoms with Crippen LogP contribution in [0.3, 0.4) is 0 Å². The summed E-state index contributed by atoms with van der Waals surface area (Å²) < 4.78 is 0. The van der Waals surface area contributed by atoms with Gasteiger partial charge < -0.3 is 5.11 Å².